The second kappa shape index (κ2) is 6.85. The average molecular weight is 298 g/mol. The largest absolute Gasteiger partial charge is 0.388 e. The third-order valence-electron chi connectivity index (χ3n) is 3.80. The topological polar surface area (TPSA) is 61.4 Å². The third kappa shape index (κ3) is 4.67. The molecule has 1 saturated carbocycles. The van der Waals surface area contributed by atoms with Crippen molar-refractivity contribution in [3.8, 4) is 0 Å². The third-order valence-corrected chi connectivity index (χ3v) is 3.80. The van der Waals surface area contributed by atoms with Crippen molar-refractivity contribution in [3.63, 3.8) is 0 Å². The summed E-state index contributed by atoms with van der Waals surface area (Å²) in [7, 11) is 0. The molecule has 0 spiro atoms. The number of carbonyl (C=O) groups is 1. The summed E-state index contributed by atoms with van der Waals surface area (Å²) >= 11 is 0. The van der Waals surface area contributed by atoms with Crippen LogP contribution in [-0.2, 0) is 6.42 Å². The highest BCUT2D eigenvalue weighted by Gasteiger charge is 2.31. The minimum absolute atomic E-state index is 0.199. The number of nitrogens with one attached hydrogen (secondary N) is 2. The number of halogens is 2. The van der Waals surface area contributed by atoms with Crippen LogP contribution in [-0.4, -0.2) is 29.8 Å². The van der Waals surface area contributed by atoms with E-state index >= 15 is 0 Å². The number of carbonyl (C=O) groups excluding carboxylic acids is 1. The Hall–Kier alpha value is -1.69. The second-order valence-electron chi connectivity index (χ2n) is 5.53. The summed E-state index contributed by atoms with van der Waals surface area (Å²) in [6.07, 6.45) is 3.54. The highest BCUT2D eigenvalue weighted by Crippen LogP contribution is 2.28. The summed E-state index contributed by atoms with van der Waals surface area (Å²) in [5.41, 5.74) is -0.573. The van der Waals surface area contributed by atoms with E-state index in [1.807, 2.05) is 0 Å². The molecule has 6 heteroatoms. The molecule has 21 heavy (non-hydrogen) atoms. The monoisotopic (exact) mass is 298 g/mol. The van der Waals surface area contributed by atoms with Gasteiger partial charge in [0.2, 0.25) is 0 Å². The van der Waals surface area contributed by atoms with Gasteiger partial charge in [0.15, 0.2) is 0 Å². The van der Waals surface area contributed by atoms with E-state index < -0.39 is 23.3 Å². The molecular formula is C15H20F2N2O2. The molecule has 3 N–H and O–H groups in total. The van der Waals surface area contributed by atoms with E-state index in [9.17, 15) is 18.7 Å². The van der Waals surface area contributed by atoms with E-state index in [0.717, 1.165) is 31.0 Å². The fourth-order valence-corrected chi connectivity index (χ4v) is 2.56. The van der Waals surface area contributed by atoms with E-state index in [1.54, 1.807) is 0 Å². The van der Waals surface area contributed by atoms with Gasteiger partial charge in [0.25, 0.3) is 0 Å². The van der Waals surface area contributed by atoms with Crippen molar-refractivity contribution in [2.75, 3.05) is 13.1 Å². The molecule has 1 aromatic rings. The number of hydrogen-bond acceptors (Lipinski definition) is 2. The number of hydrogen-bond donors (Lipinski definition) is 3. The fourth-order valence-electron chi connectivity index (χ4n) is 2.56. The first-order valence-corrected chi connectivity index (χ1v) is 7.17. The Bertz CT molecular complexity index is 502. The van der Waals surface area contributed by atoms with Crippen molar-refractivity contribution in [2.45, 2.75) is 37.7 Å². The molecule has 0 atom stereocenters. The molecule has 0 bridgehead atoms. The number of urea groups is 1. The summed E-state index contributed by atoms with van der Waals surface area (Å²) in [6.45, 7) is 0.414. The van der Waals surface area contributed by atoms with Crippen LogP contribution in [0.25, 0.3) is 0 Å². The molecular weight excluding hydrogens is 278 g/mol. The van der Waals surface area contributed by atoms with Crippen LogP contribution in [0.4, 0.5) is 13.6 Å². The van der Waals surface area contributed by atoms with Crippen molar-refractivity contribution in [1.82, 2.24) is 10.6 Å². The highest BCUT2D eigenvalue weighted by atomic mass is 19.1. The van der Waals surface area contributed by atoms with Gasteiger partial charge >= 0.3 is 6.03 Å². The Morgan fingerprint density at radius 2 is 1.95 bits per heavy atom. The second-order valence-corrected chi connectivity index (χ2v) is 5.53. The summed E-state index contributed by atoms with van der Waals surface area (Å²) in [6, 6.07) is 2.84. The molecule has 4 nitrogen and oxygen atoms in total. The molecule has 1 aliphatic carbocycles. The quantitative estimate of drug-likeness (QED) is 0.779. The van der Waals surface area contributed by atoms with Gasteiger partial charge in [0.05, 0.1) is 5.60 Å². The average Bonchev–Trinajstić information content (AvgIpc) is 2.88. The van der Waals surface area contributed by atoms with Gasteiger partial charge in [-0.05, 0) is 43.0 Å². The molecule has 0 unspecified atom stereocenters. The number of benzene rings is 1. The van der Waals surface area contributed by atoms with Crippen LogP contribution >= 0.6 is 0 Å². The molecule has 0 aromatic heterocycles. The Labute approximate surface area is 122 Å². The zero-order valence-corrected chi connectivity index (χ0v) is 11.8. The molecule has 0 saturated heterocycles. The highest BCUT2D eigenvalue weighted by molar-refractivity contribution is 5.73. The number of aliphatic hydroxyl groups is 1. The maximum absolute atomic E-state index is 13.4. The maximum atomic E-state index is 13.4. The SMILES string of the molecule is O=C(NCCc1cc(F)ccc1F)NCC1(O)CCCC1. The molecule has 1 aliphatic rings. The van der Waals surface area contributed by atoms with E-state index in [4.69, 9.17) is 0 Å². The molecule has 1 fully saturated rings. The van der Waals surface area contributed by atoms with E-state index in [1.165, 1.54) is 0 Å². The van der Waals surface area contributed by atoms with Gasteiger partial charge in [-0.25, -0.2) is 13.6 Å². The summed E-state index contributed by atoms with van der Waals surface area (Å²) in [4.78, 5) is 11.6. The lowest BCUT2D eigenvalue weighted by atomic mass is 10.0. The summed E-state index contributed by atoms with van der Waals surface area (Å²) in [5.74, 6) is -0.988. The van der Waals surface area contributed by atoms with E-state index in [2.05, 4.69) is 10.6 Å². The van der Waals surface area contributed by atoms with Crippen LogP contribution in [0.3, 0.4) is 0 Å². The minimum Gasteiger partial charge on any atom is -0.388 e. The van der Waals surface area contributed by atoms with Crippen LogP contribution in [0.15, 0.2) is 18.2 Å². The molecule has 0 aliphatic heterocycles. The molecule has 0 radical (unpaired) electrons. The van der Waals surface area contributed by atoms with Gasteiger partial charge < -0.3 is 15.7 Å². The zero-order chi connectivity index (χ0) is 15.3. The lowest BCUT2D eigenvalue weighted by molar-refractivity contribution is 0.0501. The van der Waals surface area contributed by atoms with Gasteiger partial charge in [-0.2, -0.15) is 0 Å². The van der Waals surface area contributed by atoms with Gasteiger partial charge in [-0.3, -0.25) is 0 Å². The lowest BCUT2D eigenvalue weighted by Gasteiger charge is -2.22. The van der Waals surface area contributed by atoms with Gasteiger partial charge in [-0.1, -0.05) is 12.8 Å². The maximum Gasteiger partial charge on any atom is 0.314 e. The van der Waals surface area contributed by atoms with Gasteiger partial charge in [0, 0.05) is 13.1 Å². The predicted molar refractivity (Wildman–Crippen MR) is 74.9 cm³/mol. The normalized spacial score (nSPS) is 16.7. The van der Waals surface area contributed by atoms with Gasteiger partial charge in [-0.15, -0.1) is 0 Å². The van der Waals surface area contributed by atoms with Crippen molar-refractivity contribution in [2.24, 2.45) is 0 Å². The van der Waals surface area contributed by atoms with Crippen LogP contribution < -0.4 is 10.6 Å². The summed E-state index contributed by atoms with van der Waals surface area (Å²) in [5, 5.41) is 15.3. The number of rotatable bonds is 5. The minimum atomic E-state index is -0.800. The molecule has 0 heterocycles. The van der Waals surface area contributed by atoms with Crippen molar-refractivity contribution in [1.29, 1.82) is 0 Å². The predicted octanol–water partition coefficient (Wildman–Crippen LogP) is 2.11. The molecule has 2 rings (SSSR count). The van der Waals surface area contributed by atoms with Crippen LogP contribution in [0.5, 0.6) is 0 Å². The molecule has 2 amide bonds. The first-order chi connectivity index (χ1) is 9.98. The van der Waals surface area contributed by atoms with Crippen molar-refractivity contribution < 1.29 is 18.7 Å². The van der Waals surface area contributed by atoms with Crippen molar-refractivity contribution >= 4 is 6.03 Å². The Morgan fingerprint density at radius 3 is 2.67 bits per heavy atom. The van der Waals surface area contributed by atoms with Crippen LogP contribution in [0.1, 0.15) is 31.2 Å². The van der Waals surface area contributed by atoms with Crippen LogP contribution in [0, 0.1) is 11.6 Å². The lowest BCUT2D eigenvalue weighted by Crippen LogP contribution is -2.45. The van der Waals surface area contributed by atoms with Crippen molar-refractivity contribution in [3.05, 3.63) is 35.4 Å². The number of amides is 2. The Balaban J connectivity index is 1.70. The zero-order valence-electron chi connectivity index (χ0n) is 11.8. The fraction of sp³-hybridized carbons (Fsp3) is 0.533. The Morgan fingerprint density at radius 1 is 1.24 bits per heavy atom. The van der Waals surface area contributed by atoms with Crippen LogP contribution in [0.2, 0.25) is 0 Å². The first-order valence-electron chi connectivity index (χ1n) is 7.17. The molecule has 116 valence electrons. The first kappa shape index (κ1) is 15.7. The van der Waals surface area contributed by atoms with E-state index in [0.29, 0.717) is 12.8 Å². The standard InChI is InChI=1S/C15H20F2N2O2/c16-12-3-4-13(17)11(9-12)5-8-18-14(20)19-10-15(21)6-1-2-7-15/h3-4,9,21H,1-2,5-8,10H2,(H2,18,19,20). The van der Waals surface area contributed by atoms with E-state index in [-0.39, 0.29) is 25.1 Å². The Kier molecular flexibility index (Phi) is 5.12. The summed E-state index contributed by atoms with van der Waals surface area (Å²) < 4.78 is 26.3. The molecule has 1 aromatic carbocycles. The van der Waals surface area contributed by atoms with Gasteiger partial charge in [0.1, 0.15) is 11.6 Å². The smallest absolute Gasteiger partial charge is 0.314 e.